The molecule has 1 aliphatic rings. The Morgan fingerprint density at radius 1 is 1.28 bits per heavy atom. The average molecular weight is 366 g/mol. The van der Waals surface area contributed by atoms with Crippen LogP contribution in [0.5, 0.6) is 0 Å². The van der Waals surface area contributed by atoms with E-state index >= 15 is 0 Å². The number of guanidine groups is 1. The lowest BCUT2D eigenvalue weighted by molar-refractivity contribution is -0.130. The smallest absolute Gasteiger partial charge is 0.222 e. The van der Waals surface area contributed by atoms with Gasteiger partial charge in [-0.25, -0.2) is 9.98 Å². The third kappa shape index (κ3) is 6.65. The Labute approximate surface area is 155 Å². The van der Waals surface area contributed by atoms with Crippen molar-refractivity contribution in [2.24, 2.45) is 4.99 Å². The minimum Gasteiger partial charge on any atom is -0.357 e. The fourth-order valence-electron chi connectivity index (χ4n) is 2.85. The minimum atomic E-state index is 0.313. The molecule has 0 atom stereocenters. The molecule has 0 aliphatic carbocycles. The normalized spacial score (nSPS) is 16.0. The van der Waals surface area contributed by atoms with E-state index in [4.69, 9.17) is 0 Å². The molecule has 140 valence electrons. The van der Waals surface area contributed by atoms with Crippen LogP contribution in [0.4, 0.5) is 0 Å². The lowest BCUT2D eigenvalue weighted by Crippen LogP contribution is -2.39. The predicted octanol–water partition coefficient (Wildman–Crippen LogP) is 2.61. The molecule has 2 heterocycles. The summed E-state index contributed by atoms with van der Waals surface area (Å²) in [4.78, 5) is 24.4. The molecule has 0 unspecified atom stereocenters. The highest BCUT2D eigenvalue weighted by Gasteiger charge is 2.15. The molecule has 1 amide bonds. The van der Waals surface area contributed by atoms with Gasteiger partial charge in [-0.05, 0) is 40.0 Å². The molecular formula is C18H31N5OS. The fourth-order valence-corrected chi connectivity index (χ4v) is 3.71. The zero-order valence-electron chi connectivity index (χ0n) is 15.7. The van der Waals surface area contributed by atoms with E-state index in [0.717, 1.165) is 62.1 Å². The summed E-state index contributed by atoms with van der Waals surface area (Å²) in [5.74, 6) is 1.13. The fraction of sp³-hybridized carbons (Fsp3) is 0.722. The Balaban J connectivity index is 1.76. The number of nitrogens with zero attached hydrogens (tertiary/aromatic N) is 3. The van der Waals surface area contributed by atoms with E-state index in [2.05, 4.69) is 34.5 Å². The van der Waals surface area contributed by atoms with E-state index in [1.54, 1.807) is 11.3 Å². The Morgan fingerprint density at radius 2 is 2.12 bits per heavy atom. The third-order valence-electron chi connectivity index (χ3n) is 4.36. The maximum Gasteiger partial charge on any atom is 0.222 e. The second-order valence-corrected chi connectivity index (χ2v) is 7.70. The van der Waals surface area contributed by atoms with Crippen molar-refractivity contribution in [3.05, 3.63) is 15.6 Å². The van der Waals surface area contributed by atoms with E-state index in [-0.39, 0.29) is 0 Å². The molecule has 0 aromatic carbocycles. The van der Waals surface area contributed by atoms with Crippen molar-refractivity contribution in [2.75, 3.05) is 26.2 Å². The van der Waals surface area contributed by atoms with Crippen molar-refractivity contribution in [3.63, 3.8) is 0 Å². The van der Waals surface area contributed by atoms with Gasteiger partial charge in [0.15, 0.2) is 5.96 Å². The summed E-state index contributed by atoms with van der Waals surface area (Å²) >= 11 is 1.71. The van der Waals surface area contributed by atoms with E-state index in [9.17, 15) is 4.79 Å². The monoisotopic (exact) mass is 365 g/mol. The van der Waals surface area contributed by atoms with Gasteiger partial charge in [-0.1, -0.05) is 6.42 Å². The van der Waals surface area contributed by atoms with Crippen molar-refractivity contribution in [1.82, 2.24) is 20.5 Å². The van der Waals surface area contributed by atoms with Crippen LogP contribution in [0.1, 0.15) is 54.6 Å². The molecule has 25 heavy (non-hydrogen) atoms. The Kier molecular flexibility index (Phi) is 8.18. The number of aromatic nitrogens is 1. The maximum atomic E-state index is 12.0. The first-order valence-electron chi connectivity index (χ1n) is 9.33. The quantitative estimate of drug-likeness (QED) is 0.443. The number of aliphatic imine (C=N–C) groups is 1. The molecule has 0 saturated carbocycles. The van der Waals surface area contributed by atoms with Crippen LogP contribution in [0.25, 0.3) is 0 Å². The molecule has 1 aromatic heterocycles. The standard InChI is InChI=1S/C18H31N5OS/c1-4-19-18(21-13-16-22-14(2)15(3)25-16)20-10-8-12-23-11-7-5-6-9-17(23)24/h4-13H2,1-3H3,(H2,19,20,21). The van der Waals surface area contributed by atoms with Gasteiger partial charge in [-0.2, -0.15) is 0 Å². The highest BCUT2D eigenvalue weighted by molar-refractivity contribution is 7.11. The van der Waals surface area contributed by atoms with Gasteiger partial charge < -0.3 is 15.5 Å². The highest BCUT2D eigenvalue weighted by atomic mass is 32.1. The second kappa shape index (κ2) is 10.4. The minimum absolute atomic E-state index is 0.313. The van der Waals surface area contributed by atoms with Gasteiger partial charge in [0.05, 0.1) is 12.2 Å². The highest BCUT2D eigenvalue weighted by Crippen LogP contribution is 2.17. The number of hydrogen-bond donors (Lipinski definition) is 2. The lowest BCUT2D eigenvalue weighted by Gasteiger charge is -2.20. The number of nitrogens with one attached hydrogen (secondary N) is 2. The summed E-state index contributed by atoms with van der Waals surface area (Å²) in [7, 11) is 0. The molecular weight excluding hydrogens is 334 g/mol. The lowest BCUT2D eigenvalue weighted by atomic mass is 10.2. The molecule has 1 saturated heterocycles. The Hall–Kier alpha value is -1.63. The second-order valence-electron chi connectivity index (χ2n) is 6.42. The van der Waals surface area contributed by atoms with Crippen molar-refractivity contribution in [1.29, 1.82) is 0 Å². The molecule has 1 aromatic rings. The maximum absolute atomic E-state index is 12.0. The molecule has 0 bridgehead atoms. The number of likely N-dealkylation sites (tertiary alicyclic amines) is 1. The summed E-state index contributed by atoms with van der Waals surface area (Å²) in [6.07, 6.45) is 5.00. The number of aryl methyl sites for hydroxylation is 2. The van der Waals surface area contributed by atoms with Crippen LogP contribution >= 0.6 is 11.3 Å². The number of thiazole rings is 1. The van der Waals surface area contributed by atoms with Gasteiger partial charge in [-0.15, -0.1) is 11.3 Å². The largest absolute Gasteiger partial charge is 0.357 e. The summed E-state index contributed by atoms with van der Waals surface area (Å²) in [5, 5.41) is 7.67. The van der Waals surface area contributed by atoms with Crippen molar-refractivity contribution in [3.8, 4) is 0 Å². The molecule has 7 heteroatoms. The van der Waals surface area contributed by atoms with Crippen molar-refractivity contribution < 1.29 is 4.79 Å². The number of hydrogen-bond acceptors (Lipinski definition) is 4. The molecule has 1 fully saturated rings. The molecule has 1 aliphatic heterocycles. The van der Waals surface area contributed by atoms with E-state index in [1.165, 1.54) is 11.3 Å². The molecule has 2 N–H and O–H groups in total. The average Bonchev–Trinajstić information content (AvgIpc) is 2.78. The number of carbonyl (C=O) groups is 1. The topological polar surface area (TPSA) is 69.6 Å². The van der Waals surface area contributed by atoms with Gasteiger partial charge in [0.2, 0.25) is 5.91 Å². The van der Waals surface area contributed by atoms with Crippen LogP contribution in [0, 0.1) is 13.8 Å². The van der Waals surface area contributed by atoms with E-state index in [1.807, 2.05) is 11.8 Å². The van der Waals surface area contributed by atoms with Gasteiger partial charge in [0.1, 0.15) is 5.01 Å². The summed E-state index contributed by atoms with van der Waals surface area (Å²) < 4.78 is 0. The number of rotatable bonds is 7. The summed E-state index contributed by atoms with van der Waals surface area (Å²) in [5.41, 5.74) is 1.09. The number of amides is 1. The van der Waals surface area contributed by atoms with Crippen LogP contribution in [0.15, 0.2) is 4.99 Å². The first-order chi connectivity index (χ1) is 12.1. The van der Waals surface area contributed by atoms with Crippen LogP contribution < -0.4 is 10.6 Å². The Bertz CT molecular complexity index is 565. The third-order valence-corrected chi connectivity index (χ3v) is 5.42. The van der Waals surface area contributed by atoms with Crippen LogP contribution in [0.3, 0.4) is 0 Å². The first kappa shape index (κ1) is 19.7. The Morgan fingerprint density at radius 3 is 2.84 bits per heavy atom. The molecule has 0 radical (unpaired) electrons. The van der Waals surface area contributed by atoms with Gasteiger partial charge in [0, 0.05) is 37.5 Å². The van der Waals surface area contributed by atoms with Gasteiger partial charge in [-0.3, -0.25) is 4.79 Å². The van der Waals surface area contributed by atoms with Crippen molar-refractivity contribution >= 4 is 23.2 Å². The molecule has 6 nitrogen and oxygen atoms in total. The zero-order valence-corrected chi connectivity index (χ0v) is 16.5. The van der Waals surface area contributed by atoms with Crippen LogP contribution in [0.2, 0.25) is 0 Å². The molecule has 2 rings (SSSR count). The summed E-state index contributed by atoms with van der Waals surface area (Å²) in [6, 6.07) is 0. The van der Waals surface area contributed by atoms with Crippen LogP contribution in [-0.2, 0) is 11.3 Å². The SMILES string of the molecule is CCNC(=NCc1nc(C)c(C)s1)NCCCN1CCCCCC1=O. The molecule has 0 spiro atoms. The first-order valence-corrected chi connectivity index (χ1v) is 10.1. The van der Waals surface area contributed by atoms with Crippen molar-refractivity contribution in [2.45, 2.75) is 59.4 Å². The van der Waals surface area contributed by atoms with E-state index in [0.29, 0.717) is 18.9 Å². The predicted molar refractivity (Wildman–Crippen MR) is 104 cm³/mol. The van der Waals surface area contributed by atoms with Gasteiger partial charge in [0.25, 0.3) is 0 Å². The van der Waals surface area contributed by atoms with Crippen LogP contribution in [-0.4, -0.2) is 47.9 Å². The van der Waals surface area contributed by atoms with Gasteiger partial charge >= 0.3 is 0 Å². The summed E-state index contributed by atoms with van der Waals surface area (Å²) in [6.45, 7) is 10.2. The number of carbonyl (C=O) groups excluding carboxylic acids is 1. The zero-order chi connectivity index (χ0) is 18.1. The van der Waals surface area contributed by atoms with E-state index < -0.39 is 0 Å².